The Balaban J connectivity index is 1.49. The molecule has 0 aliphatic carbocycles. The second kappa shape index (κ2) is 11.7. The van der Waals surface area contributed by atoms with Crippen LogP contribution in [0.25, 0.3) is 11.3 Å². The first-order valence-corrected chi connectivity index (χ1v) is 12.5. The number of rotatable bonds is 9. The number of aromatic nitrogens is 2. The number of hydrogen-bond donors (Lipinski definition) is 2. The monoisotopic (exact) mass is 502 g/mol. The van der Waals surface area contributed by atoms with E-state index in [0.717, 1.165) is 27.9 Å². The highest BCUT2D eigenvalue weighted by molar-refractivity contribution is 7.99. The van der Waals surface area contributed by atoms with Crippen LogP contribution in [0.15, 0.2) is 84.1 Å². The Labute approximate surface area is 214 Å². The third kappa shape index (κ3) is 6.40. The molecule has 1 heterocycles. The Bertz CT molecular complexity index is 1330. The molecule has 8 heteroatoms. The number of thioether (sulfide) groups is 1. The first-order valence-electron chi connectivity index (χ1n) is 11.5. The van der Waals surface area contributed by atoms with Crippen molar-refractivity contribution in [1.29, 1.82) is 0 Å². The van der Waals surface area contributed by atoms with Crippen molar-refractivity contribution in [2.75, 3.05) is 11.1 Å². The molecular weight excluding hydrogens is 475 g/mol. The third-order valence-electron chi connectivity index (χ3n) is 5.67. The number of nitrogens with zero attached hydrogens (tertiary/aromatic N) is 2. The molecule has 0 bridgehead atoms. The van der Waals surface area contributed by atoms with Gasteiger partial charge in [-0.3, -0.25) is 9.59 Å². The summed E-state index contributed by atoms with van der Waals surface area (Å²) in [4.78, 5) is 30.0. The topological polar surface area (TPSA) is 76.0 Å². The van der Waals surface area contributed by atoms with E-state index < -0.39 is 0 Å². The highest BCUT2D eigenvalue weighted by atomic mass is 32.2. The van der Waals surface area contributed by atoms with Crippen LogP contribution in [0.3, 0.4) is 0 Å². The summed E-state index contributed by atoms with van der Waals surface area (Å²) < 4.78 is 15.2. The van der Waals surface area contributed by atoms with E-state index in [4.69, 9.17) is 0 Å². The Morgan fingerprint density at radius 2 is 1.61 bits per heavy atom. The molecule has 4 aromatic rings. The summed E-state index contributed by atoms with van der Waals surface area (Å²) in [7, 11) is 0. The first-order chi connectivity index (χ1) is 17.4. The Kier molecular flexibility index (Phi) is 8.17. The quantitative estimate of drug-likeness (QED) is 0.303. The van der Waals surface area contributed by atoms with Gasteiger partial charge in [0.25, 0.3) is 0 Å². The number of carbonyl (C=O) groups is 2. The Hall–Kier alpha value is -3.91. The van der Waals surface area contributed by atoms with Gasteiger partial charge in [-0.05, 0) is 60.4 Å². The van der Waals surface area contributed by atoms with Crippen molar-refractivity contribution in [3.63, 3.8) is 0 Å². The lowest BCUT2D eigenvalue weighted by Crippen LogP contribution is -2.27. The molecule has 4 rings (SSSR count). The summed E-state index contributed by atoms with van der Waals surface area (Å²) in [5.74, 6) is -0.576. The van der Waals surface area contributed by atoms with E-state index >= 15 is 0 Å². The molecule has 3 aromatic carbocycles. The molecule has 0 fully saturated rings. The predicted molar refractivity (Wildman–Crippen MR) is 141 cm³/mol. The van der Waals surface area contributed by atoms with E-state index in [1.54, 1.807) is 22.9 Å². The number of amides is 2. The number of nitrogens with one attached hydrogen (secondary N) is 2. The van der Waals surface area contributed by atoms with Crippen LogP contribution in [0.4, 0.5) is 10.1 Å². The molecule has 0 aliphatic heterocycles. The normalized spacial score (nSPS) is 10.8. The summed E-state index contributed by atoms with van der Waals surface area (Å²) >= 11 is 1.25. The number of imidazole rings is 1. The van der Waals surface area contributed by atoms with Crippen LogP contribution < -0.4 is 10.6 Å². The molecule has 0 unspecified atom stereocenters. The van der Waals surface area contributed by atoms with Crippen molar-refractivity contribution >= 4 is 29.3 Å². The van der Waals surface area contributed by atoms with Crippen LogP contribution >= 0.6 is 11.8 Å². The fraction of sp³-hybridized carbons (Fsp3) is 0.179. The number of carbonyl (C=O) groups excluding carboxylic acids is 2. The second-order valence-electron chi connectivity index (χ2n) is 8.39. The van der Waals surface area contributed by atoms with Crippen molar-refractivity contribution in [2.45, 2.75) is 32.1 Å². The number of anilines is 1. The standard InChI is InChI=1S/C28H27FN4O2S/c1-19-7-6-8-20(2)27(19)32-26(35)18-36-28-31-16-24(22-11-13-23(29)14-12-22)33(28)17-25(34)30-15-21-9-4-3-5-10-21/h3-14,16H,15,17-18H2,1-2H3,(H,30,34)(H,32,35). The number of halogens is 1. The minimum absolute atomic E-state index is 0.0143. The third-order valence-corrected chi connectivity index (χ3v) is 6.66. The van der Waals surface area contributed by atoms with Crippen molar-refractivity contribution in [1.82, 2.24) is 14.9 Å². The lowest BCUT2D eigenvalue weighted by Gasteiger charge is -2.13. The van der Waals surface area contributed by atoms with Crippen LogP contribution in [0, 0.1) is 19.7 Å². The van der Waals surface area contributed by atoms with Gasteiger partial charge in [-0.15, -0.1) is 0 Å². The van der Waals surface area contributed by atoms with E-state index in [2.05, 4.69) is 15.6 Å². The van der Waals surface area contributed by atoms with Crippen molar-refractivity contribution in [3.8, 4) is 11.3 Å². The number of hydrogen-bond acceptors (Lipinski definition) is 4. The summed E-state index contributed by atoms with van der Waals surface area (Å²) in [5.41, 5.74) is 5.17. The average molecular weight is 503 g/mol. The van der Waals surface area contributed by atoms with Gasteiger partial charge in [0.1, 0.15) is 12.4 Å². The SMILES string of the molecule is Cc1cccc(C)c1NC(=O)CSc1ncc(-c2ccc(F)cc2)n1CC(=O)NCc1ccccc1. The predicted octanol–water partition coefficient (Wildman–Crippen LogP) is 5.35. The maximum atomic E-state index is 13.5. The average Bonchev–Trinajstić information content (AvgIpc) is 3.27. The molecule has 0 radical (unpaired) electrons. The van der Waals surface area contributed by atoms with Crippen LogP contribution in [0.1, 0.15) is 16.7 Å². The van der Waals surface area contributed by atoms with Gasteiger partial charge in [0.2, 0.25) is 11.8 Å². The van der Waals surface area contributed by atoms with Crippen molar-refractivity contribution in [2.24, 2.45) is 0 Å². The van der Waals surface area contributed by atoms with Crippen LogP contribution in [0.2, 0.25) is 0 Å². The van der Waals surface area contributed by atoms with E-state index in [0.29, 0.717) is 17.4 Å². The molecule has 0 saturated carbocycles. The molecule has 6 nitrogen and oxygen atoms in total. The Morgan fingerprint density at radius 3 is 2.31 bits per heavy atom. The molecule has 36 heavy (non-hydrogen) atoms. The molecule has 2 N–H and O–H groups in total. The fourth-order valence-corrected chi connectivity index (χ4v) is 4.57. The highest BCUT2D eigenvalue weighted by Crippen LogP contribution is 2.27. The van der Waals surface area contributed by atoms with E-state index in [-0.39, 0.29) is 29.9 Å². The van der Waals surface area contributed by atoms with Gasteiger partial charge in [-0.1, -0.05) is 60.3 Å². The molecule has 1 aromatic heterocycles. The van der Waals surface area contributed by atoms with Gasteiger partial charge in [0, 0.05) is 12.2 Å². The fourth-order valence-electron chi connectivity index (χ4n) is 3.79. The molecule has 0 atom stereocenters. The first kappa shape index (κ1) is 25.2. The minimum Gasteiger partial charge on any atom is -0.350 e. The molecule has 184 valence electrons. The largest absolute Gasteiger partial charge is 0.350 e. The molecule has 0 aliphatic rings. The van der Waals surface area contributed by atoms with E-state index in [1.165, 1.54) is 23.9 Å². The van der Waals surface area contributed by atoms with Gasteiger partial charge in [-0.25, -0.2) is 9.37 Å². The highest BCUT2D eigenvalue weighted by Gasteiger charge is 2.17. The van der Waals surface area contributed by atoms with Crippen LogP contribution in [0.5, 0.6) is 0 Å². The summed E-state index contributed by atoms with van der Waals surface area (Å²) in [6.45, 7) is 4.32. The van der Waals surface area contributed by atoms with Gasteiger partial charge < -0.3 is 15.2 Å². The van der Waals surface area contributed by atoms with Crippen molar-refractivity contribution < 1.29 is 14.0 Å². The Morgan fingerprint density at radius 1 is 0.917 bits per heavy atom. The maximum absolute atomic E-state index is 13.5. The zero-order chi connectivity index (χ0) is 25.5. The van der Waals surface area contributed by atoms with Gasteiger partial charge in [0.05, 0.1) is 17.6 Å². The molecule has 2 amide bonds. The number of benzene rings is 3. The number of aryl methyl sites for hydroxylation is 2. The van der Waals surface area contributed by atoms with Gasteiger partial charge >= 0.3 is 0 Å². The lowest BCUT2D eigenvalue weighted by molar-refractivity contribution is -0.122. The zero-order valence-corrected chi connectivity index (χ0v) is 20.9. The number of para-hydroxylation sites is 1. The van der Waals surface area contributed by atoms with E-state index in [1.807, 2.05) is 62.4 Å². The molecule has 0 saturated heterocycles. The lowest BCUT2D eigenvalue weighted by atomic mass is 10.1. The minimum atomic E-state index is -0.344. The van der Waals surface area contributed by atoms with Crippen LogP contribution in [-0.4, -0.2) is 27.1 Å². The maximum Gasteiger partial charge on any atom is 0.240 e. The van der Waals surface area contributed by atoms with E-state index in [9.17, 15) is 14.0 Å². The van der Waals surface area contributed by atoms with Gasteiger partial charge in [0.15, 0.2) is 5.16 Å². The second-order valence-corrected chi connectivity index (χ2v) is 9.33. The van der Waals surface area contributed by atoms with Crippen LogP contribution in [-0.2, 0) is 22.7 Å². The summed E-state index contributed by atoms with van der Waals surface area (Å²) in [6, 6.07) is 21.5. The summed E-state index contributed by atoms with van der Waals surface area (Å²) in [6.07, 6.45) is 1.64. The molecule has 0 spiro atoms. The zero-order valence-electron chi connectivity index (χ0n) is 20.1. The molecular formula is C28H27FN4O2S. The van der Waals surface area contributed by atoms with Crippen molar-refractivity contribution in [3.05, 3.63) is 102 Å². The smallest absolute Gasteiger partial charge is 0.240 e. The van der Waals surface area contributed by atoms with Gasteiger partial charge in [-0.2, -0.15) is 0 Å². The summed E-state index contributed by atoms with van der Waals surface area (Å²) in [5, 5.41) is 6.43.